The van der Waals surface area contributed by atoms with Crippen LogP contribution < -0.4 is 0 Å². The van der Waals surface area contributed by atoms with E-state index in [9.17, 15) is 0 Å². The first-order valence-corrected chi connectivity index (χ1v) is 10.9. The van der Waals surface area contributed by atoms with E-state index in [1.165, 1.54) is 22.3 Å². The standard InChI is InChI=1S/C27H24N2O2/c1-3-9-19(10-4-1)23-17-30-25(28-23)27(15-21-13-7-8-14-22(21)16-27)26-29-24(18-31-26)20-11-5-2-6-12-20/h1-14,23-24H,15-18H2. The van der Waals surface area contributed by atoms with Gasteiger partial charge in [0.1, 0.15) is 30.7 Å². The van der Waals surface area contributed by atoms with E-state index in [0.29, 0.717) is 13.2 Å². The Morgan fingerprint density at radius 1 is 0.581 bits per heavy atom. The van der Waals surface area contributed by atoms with Gasteiger partial charge in [-0.3, -0.25) is 0 Å². The van der Waals surface area contributed by atoms with Crippen LogP contribution in [0, 0.1) is 5.41 Å². The fourth-order valence-corrected chi connectivity index (χ4v) is 4.97. The highest BCUT2D eigenvalue weighted by atomic mass is 16.5. The van der Waals surface area contributed by atoms with Gasteiger partial charge < -0.3 is 9.47 Å². The molecule has 31 heavy (non-hydrogen) atoms. The van der Waals surface area contributed by atoms with Gasteiger partial charge in [0.25, 0.3) is 0 Å². The first-order valence-electron chi connectivity index (χ1n) is 10.9. The molecular weight excluding hydrogens is 384 g/mol. The summed E-state index contributed by atoms with van der Waals surface area (Å²) in [6.07, 6.45) is 1.62. The SMILES string of the molecule is c1ccc(C2COC(C3(C4=NC(c5ccccc5)CO4)Cc4ccccc4C3)=N2)cc1. The van der Waals surface area contributed by atoms with Crippen LogP contribution in [-0.4, -0.2) is 25.0 Å². The van der Waals surface area contributed by atoms with Gasteiger partial charge in [-0.25, -0.2) is 9.98 Å². The van der Waals surface area contributed by atoms with Crippen LogP contribution in [0.2, 0.25) is 0 Å². The van der Waals surface area contributed by atoms with Crippen molar-refractivity contribution in [1.82, 2.24) is 0 Å². The number of aliphatic imine (C=N–C) groups is 2. The monoisotopic (exact) mass is 408 g/mol. The highest BCUT2D eigenvalue weighted by Gasteiger charge is 2.52. The van der Waals surface area contributed by atoms with Gasteiger partial charge in [0.15, 0.2) is 0 Å². The molecule has 4 heteroatoms. The van der Waals surface area contributed by atoms with Crippen LogP contribution >= 0.6 is 0 Å². The van der Waals surface area contributed by atoms with Crippen molar-refractivity contribution in [1.29, 1.82) is 0 Å². The summed E-state index contributed by atoms with van der Waals surface area (Å²) >= 11 is 0. The van der Waals surface area contributed by atoms with E-state index >= 15 is 0 Å². The lowest BCUT2D eigenvalue weighted by atomic mass is 9.83. The van der Waals surface area contributed by atoms with Crippen molar-refractivity contribution < 1.29 is 9.47 Å². The fourth-order valence-electron chi connectivity index (χ4n) is 4.97. The third-order valence-electron chi connectivity index (χ3n) is 6.59. The van der Waals surface area contributed by atoms with E-state index in [2.05, 4.69) is 72.8 Å². The molecule has 2 heterocycles. The van der Waals surface area contributed by atoms with Crippen LogP contribution in [0.4, 0.5) is 0 Å². The lowest BCUT2D eigenvalue weighted by Gasteiger charge is -2.27. The Bertz CT molecular complexity index is 1060. The number of hydrogen-bond acceptors (Lipinski definition) is 4. The van der Waals surface area contributed by atoms with Crippen molar-refractivity contribution in [2.75, 3.05) is 13.2 Å². The number of ether oxygens (including phenoxy) is 2. The molecule has 3 aromatic carbocycles. The summed E-state index contributed by atoms with van der Waals surface area (Å²) in [5.41, 5.74) is 4.55. The minimum absolute atomic E-state index is 0.0173. The third-order valence-corrected chi connectivity index (χ3v) is 6.59. The van der Waals surface area contributed by atoms with Crippen LogP contribution in [0.5, 0.6) is 0 Å². The summed E-state index contributed by atoms with van der Waals surface area (Å²) in [5.74, 6) is 1.54. The summed E-state index contributed by atoms with van der Waals surface area (Å²) in [4.78, 5) is 10.1. The molecule has 3 aliphatic rings. The number of nitrogens with zero attached hydrogens (tertiary/aromatic N) is 2. The van der Waals surface area contributed by atoms with Crippen molar-refractivity contribution in [3.8, 4) is 0 Å². The van der Waals surface area contributed by atoms with E-state index in [-0.39, 0.29) is 12.1 Å². The molecule has 0 spiro atoms. The molecule has 0 aromatic heterocycles. The molecule has 0 bridgehead atoms. The van der Waals surface area contributed by atoms with E-state index < -0.39 is 5.41 Å². The molecule has 0 fully saturated rings. The zero-order valence-corrected chi connectivity index (χ0v) is 17.3. The molecule has 0 saturated carbocycles. The smallest absolute Gasteiger partial charge is 0.200 e. The topological polar surface area (TPSA) is 43.2 Å². The zero-order chi connectivity index (χ0) is 20.7. The van der Waals surface area contributed by atoms with Gasteiger partial charge >= 0.3 is 0 Å². The Morgan fingerprint density at radius 3 is 1.45 bits per heavy atom. The summed E-state index contributed by atoms with van der Waals surface area (Å²) in [6.45, 7) is 1.12. The van der Waals surface area contributed by atoms with Gasteiger partial charge in [-0.2, -0.15) is 0 Å². The Hall–Kier alpha value is -3.40. The molecule has 6 rings (SSSR count). The van der Waals surface area contributed by atoms with Gasteiger partial charge in [0.2, 0.25) is 11.8 Å². The highest BCUT2D eigenvalue weighted by molar-refractivity contribution is 6.07. The van der Waals surface area contributed by atoms with E-state index in [4.69, 9.17) is 19.5 Å². The van der Waals surface area contributed by atoms with Gasteiger partial charge in [-0.05, 0) is 35.1 Å². The van der Waals surface area contributed by atoms with Crippen molar-refractivity contribution in [3.63, 3.8) is 0 Å². The van der Waals surface area contributed by atoms with Gasteiger partial charge in [-0.1, -0.05) is 84.9 Å². The lowest BCUT2D eigenvalue weighted by Crippen LogP contribution is -2.41. The predicted molar refractivity (Wildman–Crippen MR) is 121 cm³/mol. The quantitative estimate of drug-likeness (QED) is 0.602. The van der Waals surface area contributed by atoms with Gasteiger partial charge in [0.05, 0.1) is 0 Å². The summed E-state index contributed by atoms with van der Waals surface area (Å²) < 4.78 is 12.6. The van der Waals surface area contributed by atoms with E-state index in [1.54, 1.807) is 0 Å². The van der Waals surface area contributed by atoms with Crippen LogP contribution in [0.15, 0.2) is 94.9 Å². The maximum Gasteiger partial charge on any atom is 0.200 e. The largest absolute Gasteiger partial charge is 0.478 e. The number of benzene rings is 3. The van der Waals surface area contributed by atoms with Crippen LogP contribution in [-0.2, 0) is 22.3 Å². The normalized spacial score (nSPS) is 23.5. The van der Waals surface area contributed by atoms with E-state index in [0.717, 1.165) is 24.6 Å². The second-order valence-corrected chi connectivity index (χ2v) is 8.55. The van der Waals surface area contributed by atoms with Crippen LogP contribution in [0.1, 0.15) is 34.3 Å². The Morgan fingerprint density at radius 2 is 1.00 bits per heavy atom. The minimum atomic E-state index is -0.462. The van der Waals surface area contributed by atoms with Crippen molar-refractivity contribution >= 4 is 11.8 Å². The maximum atomic E-state index is 6.28. The lowest BCUT2D eigenvalue weighted by molar-refractivity contribution is 0.254. The van der Waals surface area contributed by atoms with Crippen molar-refractivity contribution in [3.05, 3.63) is 107 Å². The fraction of sp³-hybridized carbons (Fsp3) is 0.259. The molecule has 1 aliphatic carbocycles. The molecule has 0 N–H and O–H groups in total. The molecule has 154 valence electrons. The molecule has 4 nitrogen and oxygen atoms in total. The first-order chi connectivity index (χ1) is 15.3. The number of fused-ring (bicyclic) bond motifs is 1. The third kappa shape index (κ3) is 3.14. The van der Waals surface area contributed by atoms with Crippen molar-refractivity contribution in [2.45, 2.75) is 24.9 Å². The number of rotatable bonds is 4. The second-order valence-electron chi connectivity index (χ2n) is 8.55. The zero-order valence-electron chi connectivity index (χ0n) is 17.3. The Kier molecular flexibility index (Phi) is 4.37. The van der Waals surface area contributed by atoms with Crippen LogP contribution in [0.3, 0.4) is 0 Å². The van der Waals surface area contributed by atoms with Crippen molar-refractivity contribution in [2.24, 2.45) is 15.4 Å². The summed E-state index contributed by atoms with van der Waals surface area (Å²) in [7, 11) is 0. The molecule has 2 atom stereocenters. The molecule has 2 unspecified atom stereocenters. The molecule has 0 amide bonds. The number of hydrogen-bond donors (Lipinski definition) is 0. The first kappa shape index (κ1) is 18.4. The molecular formula is C27H24N2O2. The average molecular weight is 409 g/mol. The van der Waals surface area contributed by atoms with Crippen LogP contribution in [0.25, 0.3) is 0 Å². The predicted octanol–water partition coefficient (Wildman–Crippen LogP) is 5.11. The van der Waals surface area contributed by atoms with E-state index in [1.807, 2.05) is 12.1 Å². The summed E-state index contributed by atoms with van der Waals surface area (Å²) in [6, 6.07) is 29.4. The highest BCUT2D eigenvalue weighted by Crippen LogP contribution is 2.45. The van der Waals surface area contributed by atoms with Gasteiger partial charge in [-0.15, -0.1) is 0 Å². The molecule has 0 saturated heterocycles. The molecule has 3 aromatic rings. The maximum absolute atomic E-state index is 6.28. The average Bonchev–Trinajstić information content (AvgIpc) is 3.59. The van der Waals surface area contributed by atoms with Gasteiger partial charge in [0, 0.05) is 0 Å². The summed E-state index contributed by atoms with van der Waals surface area (Å²) in [5, 5.41) is 0. The molecule has 0 radical (unpaired) electrons. The second kappa shape index (κ2) is 7.38. The molecule has 2 aliphatic heterocycles. The Labute approximate surface area is 182 Å². The minimum Gasteiger partial charge on any atom is -0.478 e. The Balaban J connectivity index is 1.40.